The fourth-order valence-electron chi connectivity index (χ4n) is 2.11. The number of aliphatic hydroxyl groups is 1. The summed E-state index contributed by atoms with van der Waals surface area (Å²) in [7, 11) is 3.30. The van der Waals surface area contributed by atoms with E-state index < -0.39 is 0 Å². The summed E-state index contributed by atoms with van der Waals surface area (Å²) in [6.45, 7) is 4.51. The third-order valence-corrected chi connectivity index (χ3v) is 3.08. The van der Waals surface area contributed by atoms with E-state index in [4.69, 9.17) is 14.6 Å². The van der Waals surface area contributed by atoms with Gasteiger partial charge >= 0.3 is 0 Å². The van der Waals surface area contributed by atoms with Crippen LogP contribution in [0, 0.1) is 5.92 Å². The zero-order chi connectivity index (χ0) is 12.8. The van der Waals surface area contributed by atoms with Gasteiger partial charge in [-0.2, -0.15) is 0 Å². The van der Waals surface area contributed by atoms with Crippen LogP contribution in [0.4, 0.5) is 0 Å². The molecule has 0 aliphatic rings. The number of methoxy groups -OCH3 is 2. The van der Waals surface area contributed by atoms with E-state index in [1.165, 1.54) is 0 Å². The quantitative estimate of drug-likeness (QED) is 0.828. The number of benzene rings is 1. The van der Waals surface area contributed by atoms with Gasteiger partial charge in [-0.15, -0.1) is 0 Å². The first-order chi connectivity index (χ1) is 8.13. The number of aliphatic hydroxyl groups excluding tert-OH is 1. The topological polar surface area (TPSA) is 38.7 Å². The van der Waals surface area contributed by atoms with Gasteiger partial charge in [0.1, 0.15) is 11.5 Å². The first-order valence-corrected chi connectivity index (χ1v) is 5.96. The molecule has 0 amide bonds. The molecule has 0 saturated carbocycles. The smallest absolute Gasteiger partial charge is 0.126 e. The second-order valence-corrected chi connectivity index (χ2v) is 4.47. The van der Waals surface area contributed by atoms with Gasteiger partial charge in [-0.05, 0) is 29.9 Å². The summed E-state index contributed by atoms with van der Waals surface area (Å²) in [5.74, 6) is 2.39. The second kappa shape index (κ2) is 6.50. The molecule has 96 valence electrons. The van der Waals surface area contributed by atoms with Crippen molar-refractivity contribution in [3.8, 4) is 11.5 Å². The van der Waals surface area contributed by atoms with Crippen molar-refractivity contribution in [3.05, 3.63) is 23.8 Å². The van der Waals surface area contributed by atoms with Crippen LogP contribution < -0.4 is 9.47 Å². The molecule has 1 unspecified atom stereocenters. The van der Waals surface area contributed by atoms with Gasteiger partial charge in [0, 0.05) is 12.7 Å². The first-order valence-electron chi connectivity index (χ1n) is 5.96. The summed E-state index contributed by atoms with van der Waals surface area (Å²) >= 11 is 0. The minimum Gasteiger partial charge on any atom is -0.497 e. The lowest BCUT2D eigenvalue weighted by Crippen LogP contribution is -2.10. The van der Waals surface area contributed by atoms with Crippen molar-refractivity contribution >= 4 is 0 Å². The Kier molecular flexibility index (Phi) is 5.29. The second-order valence-electron chi connectivity index (χ2n) is 4.47. The van der Waals surface area contributed by atoms with E-state index in [2.05, 4.69) is 13.8 Å². The van der Waals surface area contributed by atoms with Crippen LogP contribution in [0.3, 0.4) is 0 Å². The number of rotatable bonds is 6. The Balaban J connectivity index is 3.09. The molecule has 0 heterocycles. The van der Waals surface area contributed by atoms with Crippen molar-refractivity contribution in [2.45, 2.75) is 26.2 Å². The van der Waals surface area contributed by atoms with Crippen LogP contribution in [0.25, 0.3) is 0 Å². The normalized spacial score (nSPS) is 12.6. The first kappa shape index (κ1) is 13.8. The van der Waals surface area contributed by atoms with E-state index in [9.17, 15) is 0 Å². The highest BCUT2D eigenvalue weighted by atomic mass is 16.5. The minimum absolute atomic E-state index is 0.192. The van der Waals surface area contributed by atoms with Crippen molar-refractivity contribution in [2.24, 2.45) is 5.92 Å². The van der Waals surface area contributed by atoms with Gasteiger partial charge in [-0.25, -0.2) is 0 Å². The van der Waals surface area contributed by atoms with Crippen LogP contribution in [0.2, 0.25) is 0 Å². The molecule has 1 aromatic rings. The van der Waals surface area contributed by atoms with E-state index in [0.717, 1.165) is 23.5 Å². The highest BCUT2D eigenvalue weighted by Gasteiger charge is 2.19. The Morgan fingerprint density at radius 3 is 2.35 bits per heavy atom. The standard InChI is InChI=1S/C14H22O3/c1-10(2)12(7-8-15)13-6-5-11(16-3)9-14(13)17-4/h5-6,9-10,12,15H,7-8H2,1-4H3. The van der Waals surface area contributed by atoms with Crippen LogP contribution in [0.5, 0.6) is 11.5 Å². The van der Waals surface area contributed by atoms with Crippen molar-refractivity contribution in [2.75, 3.05) is 20.8 Å². The average Bonchev–Trinajstić information content (AvgIpc) is 2.35. The van der Waals surface area contributed by atoms with E-state index in [1.54, 1.807) is 14.2 Å². The maximum Gasteiger partial charge on any atom is 0.126 e. The van der Waals surface area contributed by atoms with Gasteiger partial charge in [0.05, 0.1) is 14.2 Å². The van der Waals surface area contributed by atoms with Gasteiger partial charge in [-0.1, -0.05) is 19.9 Å². The van der Waals surface area contributed by atoms with Crippen LogP contribution in [-0.4, -0.2) is 25.9 Å². The monoisotopic (exact) mass is 238 g/mol. The zero-order valence-corrected chi connectivity index (χ0v) is 11.1. The predicted octanol–water partition coefficient (Wildman–Crippen LogP) is 2.83. The molecular formula is C14H22O3. The van der Waals surface area contributed by atoms with Crippen molar-refractivity contribution in [3.63, 3.8) is 0 Å². The summed E-state index contributed by atoms with van der Waals surface area (Å²) in [5.41, 5.74) is 1.14. The third-order valence-electron chi connectivity index (χ3n) is 3.08. The summed E-state index contributed by atoms with van der Waals surface area (Å²) in [4.78, 5) is 0. The highest BCUT2D eigenvalue weighted by Crippen LogP contribution is 2.36. The molecule has 0 aliphatic heterocycles. The van der Waals surface area contributed by atoms with Gasteiger partial charge in [0.15, 0.2) is 0 Å². The molecule has 0 aromatic heterocycles. The molecule has 0 bridgehead atoms. The Labute approximate surface area is 103 Å². The number of ether oxygens (including phenoxy) is 2. The highest BCUT2D eigenvalue weighted by molar-refractivity contribution is 5.43. The third kappa shape index (κ3) is 3.37. The fraction of sp³-hybridized carbons (Fsp3) is 0.571. The summed E-state index contributed by atoms with van der Waals surface area (Å²) in [6.07, 6.45) is 0.750. The summed E-state index contributed by atoms with van der Waals surface area (Å²) < 4.78 is 10.6. The molecule has 0 aliphatic carbocycles. The Bertz CT molecular complexity index is 347. The van der Waals surface area contributed by atoms with E-state index in [1.807, 2.05) is 18.2 Å². The molecule has 1 aromatic carbocycles. The minimum atomic E-state index is 0.192. The van der Waals surface area contributed by atoms with Gasteiger partial charge < -0.3 is 14.6 Å². The molecule has 0 fully saturated rings. The van der Waals surface area contributed by atoms with Gasteiger partial charge in [0.25, 0.3) is 0 Å². The molecule has 1 atom stereocenters. The van der Waals surface area contributed by atoms with Crippen LogP contribution in [0.15, 0.2) is 18.2 Å². The zero-order valence-electron chi connectivity index (χ0n) is 11.1. The fourth-order valence-corrected chi connectivity index (χ4v) is 2.11. The summed E-state index contributed by atoms with van der Waals surface area (Å²) in [5, 5.41) is 9.15. The molecule has 17 heavy (non-hydrogen) atoms. The van der Waals surface area contributed by atoms with Crippen molar-refractivity contribution in [1.29, 1.82) is 0 Å². The van der Waals surface area contributed by atoms with E-state index in [-0.39, 0.29) is 6.61 Å². The van der Waals surface area contributed by atoms with E-state index >= 15 is 0 Å². The van der Waals surface area contributed by atoms with Crippen molar-refractivity contribution in [1.82, 2.24) is 0 Å². The molecule has 3 heteroatoms. The van der Waals surface area contributed by atoms with E-state index in [0.29, 0.717) is 11.8 Å². The predicted molar refractivity (Wildman–Crippen MR) is 68.8 cm³/mol. The average molecular weight is 238 g/mol. The molecule has 0 radical (unpaired) electrons. The Morgan fingerprint density at radius 1 is 1.18 bits per heavy atom. The molecule has 0 spiro atoms. The lowest BCUT2D eigenvalue weighted by atomic mass is 9.85. The SMILES string of the molecule is COc1ccc(C(CCO)C(C)C)c(OC)c1. The van der Waals surface area contributed by atoms with Gasteiger partial charge in [-0.3, -0.25) is 0 Å². The lowest BCUT2D eigenvalue weighted by molar-refractivity contribution is 0.259. The van der Waals surface area contributed by atoms with Gasteiger partial charge in [0.2, 0.25) is 0 Å². The maximum atomic E-state index is 9.15. The van der Waals surface area contributed by atoms with Crippen molar-refractivity contribution < 1.29 is 14.6 Å². The molecule has 3 nitrogen and oxygen atoms in total. The molecule has 0 saturated heterocycles. The number of hydrogen-bond acceptors (Lipinski definition) is 3. The Morgan fingerprint density at radius 2 is 1.88 bits per heavy atom. The van der Waals surface area contributed by atoms with Crippen LogP contribution in [0.1, 0.15) is 31.7 Å². The maximum absolute atomic E-state index is 9.15. The Hall–Kier alpha value is -1.22. The summed E-state index contributed by atoms with van der Waals surface area (Å²) in [6, 6.07) is 5.85. The molecule has 1 rings (SSSR count). The number of hydrogen-bond donors (Lipinski definition) is 1. The largest absolute Gasteiger partial charge is 0.497 e. The lowest BCUT2D eigenvalue weighted by Gasteiger charge is -2.23. The molecular weight excluding hydrogens is 216 g/mol. The van der Waals surface area contributed by atoms with Crippen LogP contribution in [-0.2, 0) is 0 Å². The molecule has 1 N–H and O–H groups in total. The van der Waals surface area contributed by atoms with Crippen LogP contribution >= 0.6 is 0 Å².